The molecular formula is C19H20N2O3. The van der Waals surface area contributed by atoms with Gasteiger partial charge in [-0.2, -0.15) is 0 Å². The number of hydrogen-bond donors (Lipinski definition) is 1. The van der Waals surface area contributed by atoms with Crippen molar-refractivity contribution in [3.05, 3.63) is 59.2 Å². The minimum absolute atomic E-state index is 0.0432. The number of nitrogens with one attached hydrogen (secondary N) is 1. The normalized spacial score (nSPS) is 12.8. The number of hydrogen-bond acceptors (Lipinski definition) is 3. The van der Waals surface area contributed by atoms with Gasteiger partial charge < -0.3 is 15.0 Å². The maximum atomic E-state index is 12.3. The predicted octanol–water partition coefficient (Wildman–Crippen LogP) is 2.99. The van der Waals surface area contributed by atoms with E-state index in [1.165, 1.54) is 0 Å². The predicted molar refractivity (Wildman–Crippen MR) is 93.3 cm³/mol. The Kier molecular flexibility index (Phi) is 4.62. The smallest absolute Gasteiger partial charge is 0.255 e. The summed E-state index contributed by atoms with van der Waals surface area (Å²) in [4.78, 5) is 25.7. The van der Waals surface area contributed by atoms with E-state index in [4.69, 9.17) is 4.74 Å². The van der Waals surface area contributed by atoms with E-state index in [2.05, 4.69) is 5.32 Å². The molecule has 0 saturated heterocycles. The van der Waals surface area contributed by atoms with Gasteiger partial charge in [-0.25, -0.2) is 0 Å². The van der Waals surface area contributed by atoms with E-state index in [1.807, 2.05) is 30.3 Å². The van der Waals surface area contributed by atoms with Crippen LogP contribution in [0.5, 0.6) is 0 Å². The lowest BCUT2D eigenvalue weighted by atomic mass is 10.1. The standard InChI is InChI=1S/C19H20N2O3/c1-13(22)21-10-9-16-11-17(7-8-18(16)21)20-19(23)15-5-3-14(4-6-15)12-24-2/h3-8,11H,9-10,12H2,1-2H3,(H,20,23). The highest BCUT2D eigenvalue weighted by Crippen LogP contribution is 2.30. The average molecular weight is 324 g/mol. The van der Waals surface area contributed by atoms with Crippen LogP contribution in [-0.4, -0.2) is 25.5 Å². The summed E-state index contributed by atoms with van der Waals surface area (Å²) >= 11 is 0. The van der Waals surface area contributed by atoms with Crippen molar-refractivity contribution >= 4 is 23.2 Å². The first-order valence-corrected chi connectivity index (χ1v) is 7.89. The summed E-state index contributed by atoms with van der Waals surface area (Å²) < 4.78 is 5.06. The quantitative estimate of drug-likeness (QED) is 0.940. The highest BCUT2D eigenvalue weighted by Gasteiger charge is 2.22. The van der Waals surface area contributed by atoms with E-state index < -0.39 is 0 Å². The molecule has 5 heteroatoms. The second kappa shape index (κ2) is 6.84. The van der Waals surface area contributed by atoms with Gasteiger partial charge in [0.1, 0.15) is 0 Å². The third-order valence-electron chi connectivity index (χ3n) is 4.14. The highest BCUT2D eigenvalue weighted by molar-refractivity contribution is 6.04. The Labute approximate surface area is 141 Å². The summed E-state index contributed by atoms with van der Waals surface area (Å²) in [6, 6.07) is 13.0. The molecule has 1 aliphatic heterocycles. The van der Waals surface area contributed by atoms with E-state index >= 15 is 0 Å². The number of anilines is 2. The fourth-order valence-electron chi connectivity index (χ4n) is 2.93. The fourth-order valence-corrected chi connectivity index (χ4v) is 2.93. The summed E-state index contributed by atoms with van der Waals surface area (Å²) in [5, 5.41) is 2.91. The molecule has 0 saturated carbocycles. The molecule has 124 valence electrons. The Morgan fingerprint density at radius 3 is 2.58 bits per heavy atom. The zero-order valence-corrected chi connectivity index (χ0v) is 13.8. The van der Waals surface area contributed by atoms with Crippen LogP contribution in [0.4, 0.5) is 11.4 Å². The van der Waals surface area contributed by atoms with Gasteiger partial charge in [-0.1, -0.05) is 12.1 Å². The largest absolute Gasteiger partial charge is 0.380 e. The number of fused-ring (bicyclic) bond motifs is 1. The molecule has 0 aliphatic carbocycles. The van der Waals surface area contributed by atoms with Gasteiger partial charge in [-0.3, -0.25) is 9.59 Å². The Hall–Kier alpha value is -2.66. The zero-order valence-electron chi connectivity index (χ0n) is 13.8. The first-order valence-electron chi connectivity index (χ1n) is 7.89. The van der Waals surface area contributed by atoms with Crippen LogP contribution in [0.2, 0.25) is 0 Å². The lowest BCUT2D eigenvalue weighted by molar-refractivity contribution is -0.116. The Morgan fingerprint density at radius 2 is 1.92 bits per heavy atom. The first kappa shape index (κ1) is 16.2. The van der Waals surface area contributed by atoms with Crippen molar-refractivity contribution in [1.29, 1.82) is 0 Å². The molecule has 5 nitrogen and oxygen atoms in total. The molecule has 0 aromatic heterocycles. The van der Waals surface area contributed by atoms with Crippen molar-refractivity contribution < 1.29 is 14.3 Å². The van der Waals surface area contributed by atoms with E-state index in [9.17, 15) is 9.59 Å². The van der Waals surface area contributed by atoms with Crippen LogP contribution in [0, 0.1) is 0 Å². The van der Waals surface area contributed by atoms with Crippen LogP contribution in [0.15, 0.2) is 42.5 Å². The van der Waals surface area contributed by atoms with Gasteiger partial charge in [0.25, 0.3) is 5.91 Å². The summed E-state index contributed by atoms with van der Waals surface area (Å²) in [6.45, 7) is 2.79. The van der Waals surface area contributed by atoms with Crippen LogP contribution < -0.4 is 10.2 Å². The van der Waals surface area contributed by atoms with Gasteiger partial charge in [-0.15, -0.1) is 0 Å². The summed E-state index contributed by atoms with van der Waals surface area (Å²) in [6.07, 6.45) is 0.810. The molecular weight excluding hydrogens is 304 g/mol. The van der Waals surface area contributed by atoms with Crippen LogP contribution in [0.25, 0.3) is 0 Å². The number of amides is 2. The van der Waals surface area contributed by atoms with Gasteiger partial charge in [-0.05, 0) is 47.9 Å². The summed E-state index contributed by atoms with van der Waals surface area (Å²) in [5.41, 5.74) is 4.38. The molecule has 3 rings (SSSR count). The topological polar surface area (TPSA) is 58.6 Å². The van der Waals surface area contributed by atoms with Gasteiger partial charge in [0.2, 0.25) is 5.91 Å². The van der Waals surface area contributed by atoms with Gasteiger partial charge >= 0.3 is 0 Å². The molecule has 1 heterocycles. The SMILES string of the molecule is COCc1ccc(C(=O)Nc2ccc3c(c2)CCN3C(C)=O)cc1. The number of ether oxygens (including phenoxy) is 1. The second-order valence-corrected chi connectivity index (χ2v) is 5.85. The second-order valence-electron chi connectivity index (χ2n) is 5.85. The Bertz CT molecular complexity index is 769. The first-order chi connectivity index (χ1) is 11.6. The molecule has 24 heavy (non-hydrogen) atoms. The van der Waals surface area contributed by atoms with Crippen LogP contribution >= 0.6 is 0 Å². The molecule has 2 amide bonds. The van der Waals surface area contributed by atoms with E-state index in [-0.39, 0.29) is 11.8 Å². The molecule has 2 aromatic rings. The van der Waals surface area contributed by atoms with Gasteiger partial charge in [0.05, 0.1) is 6.61 Å². The van der Waals surface area contributed by atoms with E-state index in [0.29, 0.717) is 18.7 Å². The van der Waals surface area contributed by atoms with Crippen molar-refractivity contribution in [1.82, 2.24) is 0 Å². The average Bonchev–Trinajstić information content (AvgIpc) is 2.99. The molecule has 0 spiro atoms. The fraction of sp³-hybridized carbons (Fsp3) is 0.263. The van der Waals surface area contributed by atoms with E-state index in [1.54, 1.807) is 31.1 Å². The number of benzene rings is 2. The summed E-state index contributed by atoms with van der Waals surface area (Å²) in [7, 11) is 1.64. The van der Waals surface area contributed by atoms with Crippen molar-refractivity contribution in [2.45, 2.75) is 20.0 Å². The monoisotopic (exact) mass is 324 g/mol. The lowest BCUT2D eigenvalue weighted by Gasteiger charge is -2.15. The van der Waals surface area contributed by atoms with Crippen molar-refractivity contribution in [2.24, 2.45) is 0 Å². The maximum absolute atomic E-state index is 12.3. The minimum Gasteiger partial charge on any atom is -0.380 e. The molecule has 0 bridgehead atoms. The van der Waals surface area contributed by atoms with E-state index in [0.717, 1.165) is 28.9 Å². The van der Waals surface area contributed by atoms with Crippen molar-refractivity contribution in [3.8, 4) is 0 Å². The molecule has 2 aromatic carbocycles. The minimum atomic E-state index is -0.152. The van der Waals surface area contributed by atoms with Crippen LogP contribution in [-0.2, 0) is 22.6 Å². The third-order valence-corrected chi connectivity index (χ3v) is 4.14. The Morgan fingerprint density at radius 1 is 1.17 bits per heavy atom. The number of carbonyl (C=O) groups is 2. The third kappa shape index (κ3) is 3.31. The summed E-state index contributed by atoms with van der Waals surface area (Å²) in [5.74, 6) is -0.109. The molecule has 0 radical (unpaired) electrons. The van der Waals surface area contributed by atoms with Gasteiger partial charge in [0.15, 0.2) is 0 Å². The van der Waals surface area contributed by atoms with Crippen LogP contribution in [0.1, 0.15) is 28.4 Å². The van der Waals surface area contributed by atoms with Crippen molar-refractivity contribution in [3.63, 3.8) is 0 Å². The number of nitrogens with zero attached hydrogens (tertiary/aromatic N) is 1. The number of rotatable bonds is 4. The molecule has 0 fully saturated rings. The maximum Gasteiger partial charge on any atom is 0.255 e. The molecule has 1 N–H and O–H groups in total. The van der Waals surface area contributed by atoms with Crippen LogP contribution in [0.3, 0.4) is 0 Å². The Balaban J connectivity index is 1.72. The van der Waals surface area contributed by atoms with Gasteiger partial charge in [0, 0.05) is 37.5 Å². The zero-order chi connectivity index (χ0) is 17.1. The van der Waals surface area contributed by atoms with Crippen molar-refractivity contribution in [2.75, 3.05) is 23.9 Å². The molecule has 1 aliphatic rings. The lowest BCUT2D eigenvalue weighted by Crippen LogP contribution is -2.25. The highest BCUT2D eigenvalue weighted by atomic mass is 16.5. The molecule has 0 atom stereocenters. The molecule has 0 unspecified atom stereocenters. The number of methoxy groups -OCH3 is 1. The number of carbonyl (C=O) groups excluding carboxylic acids is 2.